The number of aryl methyl sites for hydroxylation is 1. The van der Waals surface area contributed by atoms with E-state index in [2.05, 4.69) is 0 Å². The van der Waals surface area contributed by atoms with Crippen LogP contribution in [0.25, 0.3) is 11.0 Å². The van der Waals surface area contributed by atoms with E-state index in [-0.39, 0.29) is 11.4 Å². The van der Waals surface area contributed by atoms with Gasteiger partial charge in [0.2, 0.25) is 0 Å². The Hall–Kier alpha value is -1.56. The molecule has 1 saturated heterocycles. The highest BCUT2D eigenvalue weighted by atomic mass is 35.5. The number of phenols is 1. The first-order chi connectivity index (χ1) is 11.6. The van der Waals surface area contributed by atoms with Crippen LogP contribution < -0.4 is 10.5 Å². The van der Waals surface area contributed by atoms with Gasteiger partial charge >= 0.3 is 5.63 Å². The van der Waals surface area contributed by atoms with Crippen molar-refractivity contribution in [1.29, 1.82) is 0 Å². The van der Waals surface area contributed by atoms with E-state index in [1.807, 2.05) is 0 Å². The van der Waals surface area contributed by atoms with Crippen molar-refractivity contribution >= 4 is 22.6 Å². The third-order valence-corrected chi connectivity index (χ3v) is 5.45. The summed E-state index contributed by atoms with van der Waals surface area (Å²) in [5, 5.41) is 11.7. The number of morpholine rings is 1. The molecule has 0 bridgehead atoms. The molecule has 1 aliphatic carbocycles. The molecule has 1 fully saturated rings. The van der Waals surface area contributed by atoms with Gasteiger partial charge in [0.1, 0.15) is 25.4 Å². The molecule has 1 aromatic carbocycles. The van der Waals surface area contributed by atoms with Gasteiger partial charge in [-0.25, -0.2) is 4.79 Å². The van der Waals surface area contributed by atoms with Gasteiger partial charge in [0.25, 0.3) is 0 Å². The Morgan fingerprint density at radius 1 is 1.17 bits per heavy atom. The second-order valence-corrected chi connectivity index (χ2v) is 7.06. The molecule has 2 heterocycles. The number of benzene rings is 1. The Kier molecular flexibility index (Phi) is 4.24. The first kappa shape index (κ1) is 15.9. The van der Waals surface area contributed by atoms with Crippen molar-refractivity contribution in [2.75, 3.05) is 26.3 Å². The Bertz CT molecular complexity index is 839. The van der Waals surface area contributed by atoms with Crippen LogP contribution in [0.3, 0.4) is 0 Å². The quantitative estimate of drug-likeness (QED) is 0.805. The molecule has 0 radical (unpaired) electrons. The molecule has 2 aliphatic rings. The van der Waals surface area contributed by atoms with Gasteiger partial charge in [-0.2, -0.15) is 0 Å². The average molecular weight is 351 g/mol. The van der Waals surface area contributed by atoms with Gasteiger partial charge in [-0.1, -0.05) is 11.6 Å². The molecule has 5 nitrogen and oxygen atoms in total. The first-order valence-corrected chi connectivity index (χ1v) is 8.93. The predicted octanol–water partition coefficient (Wildman–Crippen LogP) is 1.45. The van der Waals surface area contributed by atoms with Crippen molar-refractivity contribution in [3.8, 4) is 5.75 Å². The highest BCUT2D eigenvalue weighted by molar-refractivity contribution is 6.33. The monoisotopic (exact) mass is 350 g/mol. The van der Waals surface area contributed by atoms with Gasteiger partial charge in [-0.05, 0) is 37.3 Å². The summed E-state index contributed by atoms with van der Waals surface area (Å²) in [6, 6.07) is 1.75. The Morgan fingerprint density at radius 2 is 1.88 bits per heavy atom. The molecule has 0 spiro atoms. The molecule has 2 aromatic rings. The molecule has 4 rings (SSSR count). The number of halogens is 1. The van der Waals surface area contributed by atoms with Gasteiger partial charge < -0.3 is 19.2 Å². The topological polar surface area (TPSA) is 64.1 Å². The lowest BCUT2D eigenvalue weighted by atomic mass is 9.90. The molecule has 1 aromatic heterocycles. The van der Waals surface area contributed by atoms with Gasteiger partial charge in [0, 0.05) is 10.9 Å². The third-order valence-electron chi connectivity index (χ3n) is 5.16. The molecule has 0 saturated carbocycles. The number of nitrogens with one attached hydrogen (secondary N) is 1. The molecule has 0 unspecified atom stereocenters. The van der Waals surface area contributed by atoms with Crippen LogP contribution in [0, 0.1) is 0 Å². The predicted molar refractivity (Wildman–Crippen MR) is 91.0 cm³/mol. The SMILES string of the molecule is O=c1oc2c(C[NH+]3CCOCC3)c(O)c(Cl)cc2c2c1CCCC2. The zero-order valence-electron chi connectivity index (χ0n) is 13.5. The molecular formula is C18H21ClNO4+. The Balaban J connectivity index is 1.89. The van der Waals surface area contributed by atoms with Gasteiger partial charge in [-0.3, -0.25) is 0 Å². The lowest BCUT2D eigenvalue weighted by molar-refractivity contribution is -0.921. The molecule has 1 aliphatic heterocycles. The average Bonchev–Trinajstić information content (AvgIpc) is 2.61. The van der Waals surface area contributed by atoms with Crippen LogP contribution in [0.1, 0.15) is 29.5 Å². The fraction of sp³-hybridized carbons (Fsp3) is 0.500. The number of ether oxygens (including phenoxy) is 1. The maximum Gasteiger partial charge on any atom is 0.339 e. The second-order valence-electron chi connectivity index (χ2n) is 6.66. The Morgan fingerprint density at radius 3 is 2.62 bits per heavy atom. The summed E-state index contributed by atoms with van der Waals surface area (Å²) < 4.78 is 11.0. The lowest BCUT2D eigenvalue weighted by Crippen LogP contribution is -3.12. The number of phenolic OH excluding ortho intramolecular Hbond substituents is 1. The van der Waals surface area contributed by atoms with E-state index in [1.54, 1.807) is 6.07 Å². The number of aromatic hydroxyl groups is 1. The van der Waals surface area contributed by atoms with E-state index in [9.17, 15) is 9.90 Å². The van der Waals surface area contributed by atoms with Crippen LogP contribution in [0.2, 0.25) is 5.02 Å². The summed E-state index contributed by atoms with van der Waals surface area (Å²) in [7, 11) is 0. The number of quaternary nitrogens is 1. The summed E-state index contributed by atoms with van der Waals surface area (Å²) in [6.07, 6.45) is 3.70. The summed E-state index contributed by atoms with van der Waals surface area (Å²) in [4.78, 5) is 13.7. The van der Waals surface area contributed by atoms with Gasteiger partial charge in [0.15, 0.2) is 5.58 Å². The molecular weight excluding hydrogens is 330 g/mol. The van der Waals surface area contributed by atoms with E-state index in [0.717, 1.165) is 55.3 Å². The molecule has 24 heavy (non-hydrogen) atoms. The van der Waals surface area contributed by atoms with Gasteiger partial charge in [-0.15, -0.1) is 0 Å². The van der Waals surface area contributed by atoms with Crippen molar-refractivity contribution in [3.05, 3.63) is 38.2 Å². The van der Waals surface area contributed by atoms with E-state index in [1.165, 1.54) is 4.90 Å². The smallest absolute Gasteiger partial charge is 0.339 e. The summed E-state index contributed by atoms with van der Waals surface area (Å²) >= 11 is 6.29. The lowest BCUT2D eigenvalue weighted by Gasteiger charge is -2.25. The minimum Gasteiger partial charge on any atom is -0.506 e. The van der Waals surface area contributed by atoms with Crippen molar-refractivity contribution in [1.82, 2.24) is 0 Å². The van der Waals surface area contributed by atoms with Crippen LogP contribution in [0.4, 0.5) is 0 Å². The second kappa shape index (κ2) is 6.39. The number of hydrogen-bond donors (Lipinski definition) is 2. The van der Waals surface area contributed by atoms with Crippen molar-refractivity contribution in [2.24, 2.45) is 0 Å². The highest BCUT2D eigenvalue weighted by Crippen LogP contribution is 2.37. The number of hydrogen-bond acceptors (Lipinski definition) is 4. The minimum absolute atomic E-state index is 0.0297. The van der Waals surface area contributed by atoms with E-state index in [4.69, 9.17) is 20.8 Å². The molecule has 128 valence electrons. The van der Waals surface area contributed by atoms with Crippen molar-refractivity contribution in [2.45, 2.75) is 32.2 Å². The van der Waals surface area contributed by atoms with Crippen molar-refractivity contribution in [3.63, 3.8) is 0 Å². The van der Waals surface area contributed by atoms with Gasteiger partial charge in [0.05, 0.1) is 23.8 Å². The largest absolute Gasteiger partial charge is 0.506 e. The third kappa shape index (κ3) is 2.70. The Labute approximate surface area is 144 Å². The highest BCUT2D eigenvalue weighted by Gasteiger charge is 2.25. The fourth-order valence-corrected chi connectivity index (χ4v) is 4.07. The van der Waals surface area contributed by atoms with Crippen LogP contribution >= 0.6 is 11.6 Å². The molecule has 0 atom stereocenters. The van der Waals surface area contributed by atoms with Crippen LogP contribution in [0.15, 0.2) is 15.3 Å². The zero-order valence-corrected chi connectivity index (χ0v) is 14.2. The standard InChI is InChI=1S/C18H20ClNO4/c19-15-9-13-11-3-1-2-4-12(11)18(22)24-17(13)14(16(15)21)10-20-5-7-23-8-6-20/h9,21H,1-8,10H2/p+1. The summed E-state index contributed by atoms with van der Waals surface area (Å²) in [6.45, 7) is 3.71. The maximum atomic E-state index is 12.4. The molecule has 6 heteroatoms. The molecule has 0 amide bonds. The van der Waals surface area contributed by atoms with E-state index in [0.29, 0.717) is 35.9 Å². The normalized spacial score (nSPS) is 18.7. The van der Waals surface area contributed by atoms with Crippen LogP contribution in [-0.4, -0.2) is 31.4 Å². The summed E-state index contributed by atoms with van der Waals surface area (Å²) in [5.41, 5.74) is 2.70. The fourth-order valence-electron chi connectivity index (χ4n) is 3.85. The van der Waals surface area contributed by atoms with Crippen LogP contribution in [0.5, 0.6) is 5.75 Å². The molecule has 2 N–H and O–H groups in total. The number of fused-ring (bicyclic) bond motifs is 3. The van der Waals surface area contributed by atoms with Crippen molar-refractivity contribution < 1.29 is 19.2 Å². The van der Waals surface area contributed by atoms with Crippen LogP contribution in [-0.2, 0) is 24.1 Å². The van der Waals surface area contributed by atoms with E-state index >= 15 is 0 Å². The van der Waals surface area contributed by atoms with E-state index < -0.39 is 0 Å². The summed E-state index contributed by atoms with van der Waals surface area (Å²) in [5.74, 6) is 0.0297. The zero-order chi connectivity index (χ0) is 16.7. The maximum absolute atomic E-state index is 12.4. The number of rotatable bonds is 2. The minimum atomic E-state index is -0.267. The first-order valence-electron chi connectivity index (χ1n) is 8.55.